The summed E-state index contributed by atoms with van der Waals surface area (Å²) in [4.78, 5) is 12.2. The Hall–Kier alpha value is -1.44. The van der Waals surface area contributed by atoms with E-state index in [1.807, 2.05) is 24.3 Å². The molecule has 7 heteroatoms. The van der Waals surface area contributed by atoms with Gasteiger partial charge >= 0.3 is 0 Å². The minimum absolute atomic E-state index is 0.135. The van der Waals surface area contributed by atoms with Crippen LogP contribution in [0.1, 0.15) is 19.4 Å². The topological polar surface area (TPSA) is 59.4 Å². The Bertz CT molecular complexity index is 842. The number of sulfonamides is 1. The maximum absolute atomic E-state index is 12.6. The summed E-state index contributed by atoms with van der Waals surface area (Å²) < 4.78 is 28.8. The summed E-state index contributed by atoms with van der Waals surface area (Å²) in [5, 5.41) is 0. The number of hydrogen-bond acceptors (Lipinski definition) is 3. The van der Waals surface area contributed by atoms with Gasteiger partial charge in [0, 0.05) is 29.8 Å². The van der Waals surface area contributed by atoms with E-state index in [1.165, 1.54) is 27.2 Å². The molecule has 0 aliphatic carbocycles. The number of aromatic nitrogens is 1. The van der Waals surface area contributed by atoms with Crippen LogP contribution >= 0.6 is 15.9 Å². The van der Waals surface area contributed by atoms with Crippen LogP contribution in [0.25, 0.3) is 0 Å². The van der Waals surface area contributed by atoms with Crippen LogP contribution in [-0.4, -0.2) is 30.4 Å². The molecule has 0 aliphatic heterocycles. The Morgan fingerprint density at radius 3 is 2.43 bits per heavy atom. The van der Waals surface area contributed by atoms with Crippen molar-refractivity contribution >= 4 is 26.0 Å². The number of halogens is 1. The highest BCUT2D eigenvalue weighted by Gasteiger charge is 2.22. The van der Waals surface area contributed by atoms with Gasteiger partial charge in [0.15, 0.2) is 0 Å². The molecule has 1 aromatic carbocycles. The van der Waals surface area contributed by atoms with E-state index in [4.69, 9.17) is 0 Å². The average Bonchev–Trinajstić information content (AvgIpc) is 2.50. The van der Waals surface area contributed by atoms with Crippen LogP contribution in [0.3, 0.4) is 0 Å². The summed E-state index contributed by atoms with van der Waals surface area (Å²) in [5.41, 5.74) is 0.683. The highest BCUT2D eigenvalue weighted by molar-refractivity contribution is 9.10. The molecule has 2 rings (SSSR count). The van der Waals surface area contributed by atoms with Crippen molar-refractivity contribution < 1.29 is 8.42 Å². The van der Waals surface area contributed by atoms with Crippen molar-refractivity contribution in [2.45, 2.75) is 25.3 Å². The predicted molar refractivity (Wildman–Crippen MR) is 94.1 cm³/mol. The van der Waals surface area contributed by atoms with Gasteiger partial charge in [-0.1, -0.05) is 41.9 Å². The number of pyridine rings is 1. The van der Waals surface area contributed by atoms with Gasteiger partial charge in [-0.05, 0) is 23.8 Å². The van der Waals surface area contributed by atoms with Crippen molar-refractivity contribution in [1.29, 1.82) is 0 Å². The van der Waals surface area contributed by atoms with Crippen molar-refractivity contribution in [2.75, 3.05) is 13.1 Å². The van der Waals surface area contributed by atoms with E-state index in [0.717, 1.165) is 10.0 Å². The standard InChI is InChI=1S/C16H19BrN2O3S/c1-3-19(4-2)23(21,22)15-8-9-16(20)18(12-15)11-13-6-5-7-14(17)10-13/h5-10,12H,3-4,11H2,1-2H3. The molecule has 0 atom stereocenters. The predicted octanol–water partition coefficient (Wildman–Crippen LogP) is 2.69. The Balaban J connectivity index is 2.42. The van der Waals surface area contributed by atoms with Crippen molar-refractivity contribution in [1.82, 2.24) is 8.87 Å². The molecule has 2 aromatic rings. The molecule has 0 amide bonds. The molecule has 1 heterocycles. The van der Waals surface area contributed by atoms with E-state index in [1.54, 1.807) is 13.8 Å². The first-order chi connectivity index (χ1) is 10.9. The lowest BCUT2D eigenvalue weighted by Gasteiger charge is -2.19. The van der Waals surface area contributed by atoms with Crippen molar-refractivity contribution in [2.24, 2.45) is 0 Å². The highest BCUT2D eigenvalue weighted by Crippen LogP contribution is 2.15. The van der Waals surface area contributed by atoms with E-state index in [9.17, 15) is 13.2 Å². The molecule has 0 bridgehead atoms. The van der Waals surface area contributed by atoms with Crippen LogP contribution in [0.15, 0.2) is 56.8 Å². The van der Waals surface area contributed by atoms with E-state index >= 15 is 0 Å². The molecular weight excluding hydrogens is 380 g/mol. The molecule has 5 nitrogen and oxygen atoms in total. The van der Waals surface area contributed by atoms with Gasteiger partial charge in [0.1, 0.15) is 0 Å². The van der Waals surface area contributed by atoms with Gasteiger partial charge in [-0.2, -0.15) is 4.31 Å². The molecule has 124 valence electrons. The van der Waals surface area contributed by atoms with Gasteiger partial charge < -0.3 is 4.57 Å². The molecule has 0 unspecified atom stereocenters. The molecule has 23 heavy (non-hydrogen) atoms. The Labute approximate surface area is 144 Å². The summed E-state index contributed by atoms with van der Waals surface area (Å²) >= 11 is 3.39. The van der Waals surface area contributed by atoms with Crippen LogP contribution in [0, 0.1) is 0 Å². The third kappa shape index (κ3) is 4.10. The summed E-state index contributed by atoms with van der Waals surface area (Å²) in [5.74, 6) is 0. The second-order valence-corrected chi connectivity index (χ2v) is 7.90. The minimum Gasteiger partial charge on any atom is -0.310 e. The van der Waals surface area contributed by atoms with E-state index in [0.29, 0.717) is 19.6 Å². The van der Waals surface area contributed by atoms with Crippen LogP contribution in [0.2, 0.25) is 0 Å². The summed E-state index contributed by atoms with van der Waals surface area (Å²) in [7, 11) is -3.58. The van der Waals surface area contributed by atoms with Crippen LogP contribution < -0.4 is 5.56 Å². The smallest absolute Gasteiger partial charge is 0.250 e. The molecule has 0 fully saturated rings. The minimum atomic E-state index is -3.58. The largest absolute Gasteiger partial charge is 0.310 e. The van der Waals surface area contributed by atoms with Crippen molar-refractivity contribution in [3.63, 3.8) is 0 Å². The fourth-order valence-corrected chi connectivity index (χ4v) is 4.26. The normalized spacial score (nSPS) is 11.8. The van der Waals surface area contributed by atoms with Crippen LogP contribution in [0.5, 0.6) is 0 Å². The fraction of sp³-hybridized carbons (Fsp3) is 0.312. The summed E-state index contributed by atoms with van der Waals surface area (Å²) in [6.07, 6.45) is 1.41. The molecule has 1 aromatic heterocycles. The number of benzene rings is 1. The molecule has 0 saturated carbocycles. The van der Waals surface area contributed by atoms with Crippen LogP contribution in [0.4, 0.5) is 0 Å². The van der Waals surface area contributed by atoms with Crippen molar-refractivity contribution in [3.05, 3.63) is 63.0 Å². The zero-order chi connectivity index (χ0) is 17.0. The van der Waals surface area contributed by atoms with E-state index in [-0.39, 0.29) is 10.5 Å². The zero-order valence-electron chi connectivity index (χ0n) is 13.1. The lowest BCUT2D eigenvalue weighted by atomic mass is 10.2. The van der Waals surface area contributed by atoms with E-state index in [2.05, 4.69) is 15.9 Å². The molecule has 0 saturated heterocycles. The number of rotatable bonds is 6. The lowest BCUT2D eigenvalue weighted by Crippen LogP contribution is -2.32. The van der Waals surface area contributed by atoms with E-state index < -0.39 is 10.0 Å². The molecule has 0 spiro atoms. The summed E-state index contributed by atoms with van der Waals surface area (Å²) in [6.45, 7) is 4.68. The van der Waals surface area contributed by atoms with Gasteiger partial charge in [0.25, 0.3) is 5.56 Å². The molecule has 0 N–H and O–H groups in total. The first-order valence-corrected chi connectivity index (χ1v) is 9.57. The molecule has 0 aliphatic rings. The zero-order valence-corrected chi connectivity index (χ0v) is 15.5. The SMILES string of the molecule is CCN(CC)S(=O)(=O)c1ccc(=O)n(Cc2cccc(Br)c2)c1. The number of hydrogen-bond donors (Lipinski definition) is 0. The first-order valence-electron chi connectivity index (χ1n) is 7.33. The fourth-order valence-electron chi connectivity index (χ4n) is 2.33. The van der Waals surface area contributed by atoms with Gasteiger partial charge in [-0.3, -0.25) is 4.79 Å². The maximum Gasteiger partial charge on any atom is 0.250 e. The Morgan fingerprint density at radius 1 is 1.13 bits per heavy atom. The third-order valence-electron chi connectivity index (χ3n) is 3.54. The maximum atomic E-state index is 12.6. The monoisotopic (exact) mass is 398 g/mol. The van der Waals surface area contributed by atoms with Gasteiger partial charge in [-0.15, -0.1) is 0 Å². The van der Waals surface area contributed by atoms with Gasteiger partial charge in [0.2, 0.25) is 10.0 Å². The number of nitrogens with zero attached hydrogens (tertiary/aromatic N) is 2. The van der Waals surface area contributed by atoms with Gasteiger partial charge in [0.05, 0.1) is 11.4 Å². The quantitative estimate of drug-likeness (QED) is 0.751. The Kier molecular flexibility index (Phi) is 5.78. The molecule has 0 radical (unpaired) electrons. The lowest BCUT2D eigenvalue weighted by molar-refractivity contribution is 0.444. The summed E-state index contributed by atoms with van der Waals surface area (Å²) in [6, 6.07) is 10.2. The highest BCUT2D eigenvalue weighted by atomic mass is 79.9. The van der Waals surface area contributed by atoms with Gasteiger partial charge in [-0.25, -0.2) is 8.42 Å². The Morgan fingerprint density at radius 2 is 1.83 bits per heavy atom. The first kappa shape index (κ1) is 17.9. The van der Waals surface area contributed by atoms with Crippen molar-refractivity contribution in [3.8, 4) is 0 Å². The molecular formula is C16H19BrN2O3S. The second-order valence-electron chi connectivity index (χ2n) is 5.05. The average molecular weight is 399 g/mol. The van der Waals surface area contributed by atoms with Crippen LogP contribution in [-0.2, 0) is 16.6 Å². The third-order valence-corrected chi connectivity index (χ3v) is 6.07. The second kappa shape index (κ2) is 7.42.